The summed E-state index contributed by atoms with van der Waals surface area (Å²) in [7, 11) is 0. The highest BCUT2D eigenvalue weighted by atomic mass is 16.2. The molecule has 0 bridgehead atoms. The summed E-state index contributed by atoms with van der Waals surface area (Å²) in [5, 5.41) is 0. The van der Waals surface area contributed by atoms with E-state index >= 15 is 0 Å². The van der Waals surface area contributed by atoms with Gasteiger partial charge in [-0.05, 0) is 45.1 Å². The lowest BCUT2D eigenvalue weighted by atomic mass is 9.94. The molecule has 3 nitrogen and oxygen atoms in total. The normalized spacial score (nSPS) is 14.1. The Morgan fingerprint density at radius 2 is 1.80 bits per heavy atom. The van der Waals surface area contributed by atoms with E-state index in [0.717, 1.165) is 45.2 Å². The van der Waals surface area contributed by atoms with Crippen LogP contribution in [0.1, 0.15) is 79.1 Å². The number of carbonyl (C=O) groups is 1. The van der Waals surface area contributed by atoms with Gasteiger partial charge in [0.2, 0.25) is 5.91 Å². The molecule has 0 aromatic heterocycles. The standard InChI is InChI=1S/C17H36N2O/c1-5-8-14-19(15(4)7-3)17(20)11-10-16(9-6-2)12-13-18/h15-16H,5-14,18H2,1-4H3. The number of hydrogen-bond donors (Lipinski definition) is 1. The predicted octanol–water partition coefficient (Wildman–Crippen LogP) is 3.96. The Labute approximate surface area is 126 Å². The molecule has 0 aliphatic carbocycles. The predicted molar refractivity (Wildman–Crippen MR) is 87.7 cm³/mol. The second-order valence-electron chi connectivity index (χ2n) is 5.97. The van der Waals surface area contributed by atoms with Crippen molar-refractivity contribution in [1.29, 1.82) is 0 Å². The summed E-state index contributed by atoms with van der Waals surface area (Å²) in [5.41, 5.74) is 5.67. The van der Waals surface area contributed by atoms with Crippen molar-refractivity contribution in [2.24, 2.45) is 11.7 Å². The number of rotatable bonds is 12. The molecule has 120 valence electrons. The van der Waals surface area contributed by atoms with Gasteiger partial charge in [0.25, 0.3) is 0 Å². The largest absolute Gasteiger partial charge is 0.340 e. The van der Waals surface area contributed by atoms with Gasteiger partial charge >= 0.3 is 0 Å². The molecule has 0 aromatic rings. The highest BCUT2D eigenvalue weighted by Gasteiger charge is 2.19. The van der Waals surface area contributed by atoms with Crippen LogP contribution in [0.5, 0.6) is 0 Å². The summed E-state index contributed by atoms with van der Waals surface area (Å²) in [6.07, 6.45) is 8.42. The quantitative estimate of drug-likeness (QED) is 0.589. The number of nitrogens with zero attached hydrogens (tertiary/aromatic N) is 1. The first kappa shape index (κ1) is 19.4. The molecule has 20 heavy (non-hydrogen) atoms. The van der Waals surface area contributed by atoms with Crippen LogP contribution in [0.2, 0.25) is 0 Å². The van der Waals surface area contributed by atoms with Gasteiger partial charge in [0.1, 0.15) is 0 Å². The molecular weight excluding hydrogens is 248 g/mol. The third-order valence-corrected chi connectivity index (χ3v) is 4.23. The van der Waals surface area contributed by atoms with Crippen molar-refractivity contribution in [3.05, 3.63) is 0 Å². The van der Waals surface area contributed by atoms with Crippen molar-refractivity contribution in [1.82, 2.24) is 4.90 Å². The maximum absolute atomic E-state index is 12.5. The van der Waals surface area contributed by atoms with Gasteiger partial charge in [-0.3, -0.25) is 4.79 Å². The van der Waals surface area contributed by atoms with E-state index in [1.165, 1.54) is 12.8 Å². The van der Waals surface area contributed by atoms with E-state index in [1.807, 2.05) is 0 Å². The van der Waals surface area contributed by atoms with Crippen LogP contribution in [0.25, 0.3) is 0 Å². The summed E-state index contributed by atoms with van der Waals surface area (Å²) < 4.78 is 0. The summed E-state index contributed by atoms with van der Waals surface area (Å²) in [6, 6.07) is 0.369. The van der Waals surface area contributed by atoms with Crippen molar-refractivity contribution in [2.75, 3.05) is 13.1 Å². The Morgan fingerprint density at radius 1 is 1.10 bits per heavy atom. The molecule has 2 atom stereocenters. The minimum Gasteiger partial charge on any atom is -0.340 e. The zero-order valence-electron chi connectivity index (χ0n) is 14.2. The van der Waals surface area contributed by atoms with Gasteiger partial charge < -0.3 is 10.6 Å². The fraction of sp³-hybridized carbons (Fsp3) is 0.941. The smallest absolute Gasteiger partial charge is 0.222 e. The minimum atomic E-state index is 0.339. The van der Waals surface area contributed by atoms with E-state index < -0.39 is 0 Å². The Balaban J connectivity index is 4.34. The van der Waals surface area contributed by atoms with Crippen LogP contribution in [0, 0.1) is 5.92 Å². The van der Waals surface area contributed by atoms with Crippen molar-refractivity contribution in [3.63, 3.8) is 0 Å². The first-order valence-electron chi connectivity index (χ1n) is 8.60. The molecule has 1 amide bonds. The maximum Gasteiger partial charge on any atom is 0.222 e. The highest BCUT2D eigenvalue weighted by molar-refractivity contribution is 5.76. The zero-order valence-corrected chi connectivity index (χ0v) is 14.2. The van der Waals surface area contributed by atoms with Crippen LogP contribution in [0.15, 0.2) is 0 Å². The molecule has 0 aliphatic rings. The van der Waals surface area contributed by atoms with E-state index in [4.69, 9.17) is 5.73 Å². The van der Waals surface area contributed by atoms with Gasteiger partial charge in [-0.2, -0.15) is 0 Å². The lowest BCUT2D eigenvalue weighted by Gasteiger charge is -2.29. The minimum absolute atomic E-state index is 0.339. The molecule has 0 spiro atoms. The number of unbranched alkanes of at least 4 members (excludes halogenated alkanes) is 1. The Bertz CT molecular complexity index is 237. The number of carbonyl (C=O) groups excluding carboxylic acids is 1. The van der Waals surface area contributed by atoms with E-state index in [0.29, 0.717) is 24.3 Å². The Kier molecular flexibility index (Phi) is 11.8. The van der Waals surface area contributed by atoms with Crippen molar-refractivity contribution in [3.8, 4) is 0 Å². The van der Waals surface area contributed by atoms with Gasteiger partial charge in [-0.15, -0.1) is 0 Å². The number of hydrogen-bond acceptors (Lipinski definition) is 2. The van der Waals surface area contributed by atoms with Crippen LogP contribution in [0.4, 0.5) is 0 Å². The van der Waals surface area contributed by atoms with Gasteiger partial charge in [0.15, 0.2) is 0 Å². The van der Waals surface area contributed by atoms with Crippen LogP contribution < -0.4 is 5.73 Å². The molecule has 0 heterocycles. The molecule has 2 unspecified atom stereocenters. The molecule has 0 saturated heterocycles. The van der Waals surface area contributed by atoms with Crippen LogP contribution in [-0.2, 0) is 4.79 Å². The second kappa shape index (κ2) is 12.2. The van der Waals surface area contributed by atoms with Gasteiger partial charge in [0.05, 0.1) is 0 Å². The Morgan fingerprint density at radius 3 is 2.30 bits per heavy atom. The van der Waals surface area contributed by atoms with Crippen molar-refractivity contribution >= 4 is 5.91 Å². The van der Waals surface area contributed by atoms with Crippen molar-refractivity contribution in [2.45, 2.75) is 85.1 Å². The van der Waals surface area contributed by atoms with Crippen LogP contribution in [0.3, 0.4) is 0 Å². The lowest BCUT2D eigenvalue weighted by Crippen LogP contribution is -2.39. The van der Waals surface area contributed by atoms with Gasteiger partial charge in [0, 0.05) is 19.0 Å². The maximum atomic E-state index is 12.5. The number of amides is 1. The molecule has 2 N–H and O–H groups in total. The monoisotopic (exact) mass is 284 g/mol. The average molecular weight is 284 g/mol. The summed E-state index contributed by atoms with van der Waals surface area (Å²) >= 11 is 0. The van der Waals surface area contributed by atoms with Gasteiger partial charge in [-0.25, -0.2) is 0 Å². The average Bonchev–Trinajstić information content (AvgIpc) is 2.45. The molecule has 0 radical (unpaired) electrons. The first-order chi connectivity index (χ1) is 9.60. The molecule has 0 aromatic carbocycles. The first-order valence-corrected chi connectivity index (χ1v) is 8.60. The molecule has 3 heteroatoms. The number of nitrogens with two attached hydrogens (primary N) is 1. The van der Waals surface area contributed by atoms with Gasteiger partial charge in [-0.1, -0.05) is 40.0 Å². The fourth-order valence-electron chi connectivity index (χ4n) is 2.69. The second-order valence-corrected chi connectivity index (χ2v) is 5.97. The molecule has 0 rings (SSSR count). The van der Waals surface area contributed by atoms with Crippen LogP contribution in [-0.4, -0.2) is 29.9 Å². The summed E-state index contributed by atoms with van der Waals surface area (Å²) in [5.74, 6) is 0.963. The molecular formula is C17H36N2O. The van der Waals surface area contributed by atoms with E-state index in [9.17, 15) is 4.79 Å². The zero-order chi connectivity index (χ0) is 15.4. The molecule has 0 saturated carbocycles. The third-order valence-electron chi connectivity index (χ3n) is 4.23. The van der Waals surface area contributed by atoms with E-state index in [2.05, 4.69) is 32.6 Å². The fourth-order valence-corrected chi connectivity index (χ4v) is 2.69. The highest BCUT2D eigenvalue weighted by Crippen LogP contribution is 2.19. The Hall–Kier alpha value is -0.570. The third kappa shape index (κ3) is 7.88. The molecule has 0 aliphatic heterocycles. The van der Waals surface area contributed by atoms with Crippen LogP contribution >= 0.6 is 0 Å². The lowest BCUT2D eigenvalue weighted by molar-refractivity contribution is -0.133. The van der Waals surface area contributed by atoms with E-state index in [-0.39, 0.29) is 0 Å². The SMILES string of the molecule is CCCCN(C(=O)CCC(CCC)CCN)C(C)CC. The van der Waals surface area contributed by atoms with E-state index in [1.54, 1.807) is 0 Å². The summed E-state index contributed by atoms with van der Waals surface area (Å²) in [4.78, 5) is 14.5. The topological polar surface area (TPSA) is 46.3 Å². The van der Waals surface area contributed by atoms with Crippen molar-refractivity contribution < 1.29 is 4.79 Å². The molecule has 0 fully saturated rings. The summed E-state index contributed by atoms with van der Waals surface area (Å²) in [6.45, 7) is 10.4.